The number of quaternary nitrogens is 1. The molecule has 0 aliphatic heterocycles. The lowest BCUT2D eigenvalue weighted by Crippen LogP contribution is -2.52. The maximum absolute atomic E-state index is 10.9. The van der Waals surface area contributed by atoms with E-state index in [2.05, 4.69) is 13.5 Å². The van der Waals surface area contributed by atoms with E-state index in [4.69, 9.17) is 0 Å². The largest absolute Gasteiger partial charge is 0.744 e. The van der Waals surface area contributed by atoms with Crippen LogP contribution in [0.5, 0.6) is 0 Å². The van der Waals surface area contributed by atoms with Crippen LogP contribution in [0, 0.1) is 0 Å². The third-order valence-electron chi connectivity index (χ3n) is 6.67. The van der Waals surface area contributed by atoms with Gasteiger partial charge in [0.15, 0.2) is 0 Å². The van der Waals surface area contributed by atoms with Crippen molar-refractivity contribution in [3.8, 4) is 0 Å². The Morgan fingerprint density at radius 3 is 1.86 bits per heavy atom. The van der Waals surface area contributed by atoms with E-state index in [1.165, 1.54) is 70.3 Å². The Balaban J connectivity index is 0.000000393. The summed E-state index contributed by atoms with van der Waals surface area (Å²) in [7, 11) is -4.38. The van der Waals surface area contributed by atoms with Crippen LogP contribution in [0.25, 0.3) is 10.8 Å². The van der Waals surface area contributed by atoms with Gasteiger partial charge in [0.05, 0.1) is 31.2 Å². The fourth-order valence-electron chi connectivity index (χ4n) is 4.66. The minimum atomic E-state index is -4.38. The second-order valence-electron chi connectivity index (χ2n) is 9.54. The smallest absolute Gasteiger partial charge is 0.125 e. The van der Waals surface area contributed by atoms with Gasteiger partial charge in [-0.25, -0.2) is 8.42 Å². The summed E-state index contributed by atoms with van der Waals surface area (Å²) >= 11 is 0. The Hall–Kier alpha value is -1.77. The average Bonchev–Trinajstić information content (AvgIpc) is 2.85. The van der Waals surface area contributed by atoms with Crippen LogP contribution in [-0.4, -0.2) is 67.1 Å². The quantitative estimate of drug-likeness (QED) is 0.115. The van der Waals surface area contributed by atoms with Crippen molar-refractivity contribution in [2.75, 3.05) is 39.4 Å². The molecule has 0 aromatic heterocycles. The average molecular weight is 522 g/mol. The predicted octanol–water partition coefficient (Wildman–Crippen LogP) is 5.64. The maximum Gasteiger partial charge on any atom is 0.125 e. The highest BCUT2D eigenvalue weighted by Gasteiger charge is 2.24. The number of fused-ring (bicyclic) bond motifs is 1. The molecule has 2 rings (SSSR count). The number of rotatable bonds is 18. The number of benzene rings is 2. The topological polar surface area (TPSA) is 97.7 Å². The minimum Gasteiger partial charge on any atom is -0.744 e. The fraction of sp³-hybridized carbons (Fsp3) is 0.586. The lowest BCUT2D eigenvalue weighted by molar-refractivity contribution is -0.923. The molecule has 2 N–H and O–H groups in total. The number of hydrogen-bond acceptors (Lipinski definition) is 5. The van der Waals surface area contributed by atoms with Gasteiger partial charge in [0.25, 0.3) is 0 Å². The zero-order valence-electron chi connectivity index (χ0n) is 22.1. The normalized spacial score (nSPS) is 11.8. The van der Waals surface area contributed by atoms with E-state index >= 15 is 0 Å². The van der Waals surface area contributed by atoms with Crippen molar-refractivity contribution in [1.29, 1.82) is 0 Å². The van der Waals surface area contributed by atoms with Gasteiger partial charge in [-0.05, 0) is 35.8 Å². The molecule has 204 valence electrons. The second kappa shape index (κ2) is 18.5. The van der Waals surface area contributed by atoms with E-state index in [1.807, 2.05) is 6.08 Å². The summed E-state index contributed by atoms with van der Waals surface area (Å²) in [5, 5.41) is 19.8. The van der Waals surface area contributed by atoms with E-state index in [0.717, 1.165) is 36.0 Å². The Morgan fingerprint density at radius 2 is 1.33 bits per heavy atom. The van der Waals surface area contributed by atoms with Crippen LogP contribution in [0.1, 0.15) is 71.1 Å². The minimum absolute atomic E-state index is 0.157. The van der Waals surface area contributed by atoms with Crippen LogP contribution in [0.2, 0.25) is 0 Å². The van der Waals surface area contributed by atoms with Crippen molar-refractivity contribution in [3.05, 3.63) is 55.1 Å². The molecule has 0 saturated heterocycles. The van der Waals surface area contributed by atoms with Gasteiger partial charge in [0.2, 0.25) is 0 Å². The lowest BCUT2D eigenvalue weighted by Gasteiger charge is -2.37. The molecule has 0 aliphatic rings. The summed E-state index contributed by atoms with van der Waals surface area (Å²) < 4.78 is 33.5. The lowest BCUT2D eigenvalue weighted by atomic mass is 10.1. The molecule has 36 heavy (non-hydrogen) atoms. The molecule has 0 amide bonds. The van der Waals surface area contributed by atoms with Gasteiger partial charge in [-0.1, -0.05) is 101 Å². The van der Waals surface area contributed by atoms with Crippen LogP contribution in [0.4, 0.5) is 0 Å². The van der Waals surface area contributed by atoms with Crippen molar-refractivity contribution in [2.45, 2.75) is 76.0 Å². The Bertz CT molecular complexity index is 950. The number of nitrogens with zero attached hydrogens (tertiary/aromatic N) is 1. The highest BCUT2D eigenvalue weighted by Crippen LogP contribution is 2.22. The second-order valence-corrected chi connectivity index (χ2v) is 10.9. The zero-order chi connectivity index (χ0) is 26.7. The maximum atomic E-state index is 10.9. The molecule has 0 fully saturated rings. The number of aliphatic hydroxyl groups excluding tert-OH is 2. The molecule has 0 aliphatic carbocycles. The molecular weight excluding hydrogens is 474 g/mol. The monoisotopic (exact) mass is 521 g/mol. The van der Waals surface area contributed by atoms with Gasteiger partial charge in [-0.3, -0.25) is 0 Å². The standard InChI is InChI=1S/C19H40NO2.C10H8O3S/c1-3-5-6-7-8-9-10-11-12-13-15-20(14-4-2,16-18-21)17-19-22;11-14(12,13)10-7-3-5-8-4-1-2-6-9(8)10/h4,21-22H,2-3,5-19H2,1H3;1-7H,(H,11,12,13)/q+1;/p-1. The van der Waals surface area contributed by atoms with Crippen LogP contribution in [0.3, 0.4) is 0 Å². The van der Waals surface area contributed by atoms with Gasteiger partial charge in [0.1, 0.15) is 23.2 Å². The summed E-state index contributed by atoms with van der Waals surface area (Å²) in [5.74, 6) is 0. The molecule has 6 nitrogen and oxygen atoms in total. The van der Waals surface area contributed by atoms with Crippen LogP contribution >= 0.6 is 0 Å². The van der Waals surface area contributed by atoms with E-state index < -0.39 is 10.1 Å². The fourth-order valence-corrected chi connectivity index (χ4v) is 5.36. The predicted molar refractivity (Wildman–Crippen MR) is 148 cm³/mol. The molecule has 0 atom stereocenters. The number of aliphatic hydroxyl groups is 2. The zero-order valence-corrected chi connectivity index (χ0v) is 22.9. The molecule has 0 saturated carbocycles. The van der Waals surface area contributed by atoms with E-state index in [9.17, 15) is 23.2 Å². The molecule has 0 heterocycles. The van der Waals surface area contributed by atoms with Crippen molar-refractivity contribution < 1.29 is 27.7 Å². The molecule has 2 aromatic rings. The van der Waals surface area contributed by atoms with Crippen molar-refractivity contribution in [3.63, 3.8) is 0 Å². The first-order valence-corrected chi connectivity index (χ1v) is 14.9. The first-order valence-electron chi connectivity index (χ1n) is 13.4. The molecule has 0 bridgehead atoms. The van der Waals surface area contributed by atoms with Gasteiger partial charge >= 0.3 is 0 Å². The van der Waals surface area contributed by atoms with Crippen LogP contribution in [-0.2, 0) is 10.1 Å². The van der Waals surface area contributed by atoms with Gasteiger partial charge in [-0.15, -0.1) is 0 Å². The first-order chi connectivity index (χ1) is 17.3. The first kappa shape index (κ1) is 32.3. The van der Waals surface area contributed by atoms with Crippen molar-refractivity contribution in [1.82, 2.24) is 0 Å². The molecule has 2 aromatic carbocycles. The highest BCUT2D eigenvalue weighted by atomic mass is 32.2. The summed E-state index contributed by atoms with van der Waals surface area (Å²) in [6.07, 6.45) is 15.3. The summed E-state index contributed by atoms with van der Waals surface area (Å²) in [6.45, 7) is 9.81. The summed E-state index contributed by atoms with van der Waals surface area (Å²) in [4.78, 5) is -0.157. The Kier molecular flexibility index (Phi) is 16.6. The third-order valence-corrected chi connectivity index (χ3v) is 7.56. The SMILES string of the molecule is C=CC[N+](CCO)(CCO)CCCCCCCCCCCC.O=S(=O)([O-])c1cccc2ccccc12. The summed E-state index contributed by atoms with van der Waals surface area (Å²) in [5.41, 5.74) is 0. The Morgan fingerprint density at radius 1 is 0.806 bits per heavy atom. The number of unbranched alkanes of at least 4 members (excludes halogenated alkanes) is 9. The van der Waals surface area contributed by atoms with Gasteiger partial charge in [-0.2, -0.15) is 0 Å². The van der Waals surface area contributed by atoms with E-state index in [-0.39, 0.29) is 18.1 Å². The van der Waals surface area contributed by atoms with E-state index in [0.29, 0.717) is 5.39 Å². The molecular formula is C29H47NO5S. The van der Waals surface area contributed by atoms with Gasteiger partial charge in [0, 0.05) is 0 Å². The molecule has 0 spiro atoms. The van der Waals surface area contributed by atoms with Crippen molar-refractivity contribution in [2.24, 2.45) is 0 Å². The third kappa shape index (κ3) is 12.5. The summed E-state index contributed by atoms with van der Waals surface area (Å²) in [6, 6.07) is 11.5. The Labute approximate surface area is 219 Å². The molecule has 0 radical (unpaired) electrons. The van der Waals surface area contributed by atoms with E-state index in [1.54, 1.807) is 36.4 Å². The van der Waals surface area contributed by atoms with Crippen molar-refractivity contribution >= 4 is 20.9 Å². The van der Waals surface area contributed by atoms with Gasteiger partial charge < -0.3 is 19.2 Å². The molecule has 0 unspecified atom stereocenters. The number of hydrogen-bond donors (Lipinski definition) is 2. The molecule has 7 heteroatoms. The highest BCUT2D eigenvalue weighted by molar-refractivity contribution is 7.86. The van der Waals surface area contributed by atoms with Crippen LogP contribution in [0.15, 0.2) is 60.0 Å². The van der Waals surface area contributed by atoms with Crippen LogP contribution < -0.4 is 0 Å².